The molecule has 1 aliphatic heterocycles. The largest absolute Gasteiger partial charge is 0.486 e. The van der Waals surface area contributed by atoms with Gasteiger partial charge < -0.3 is 14.8 Å². The van der Waals surface area contributed by atoms with Gasteiger partial charge in [0, 0.05) is 17.8 Å². The van der Waals surface area contributed by atoms with Gasteiger partial charge in [-0.15, -0.1) is 0 Å². The van der Waals surface area contributed by atoms with Gasteiger partial charge in [-0.05, 0) is 44.0 Å². The average molecular weight is 452 g/mol. The molecule has 166 valence electrons. The Kier molecular flexibility index (Phi) is 5.78. The molecule has 1 atom stereocenters. The van der Waals surface area contributed by atoms with Gasteiger partial charge in [0.15, 0.2) is 16.7 Å². The molecule has 0 radical (unpaired) electrons. The predicted molar refractivity (Wildman–Crippen MR) is 125 cm³/mol. The Morgan fingerprint density at radius 2 is 1.88 bits per heavy atom. The van der Waals surface area contributed by atoms with Crippen molar-refractivity contribution in [2.75, 3.05) is 18.5 Å². The van der Waals surface area contributed by atoms with E-state index in [1.54, 1.807) is 18.2 Å². The second-order valence-electron chi connectivity index (χ2n) is 8.13. The number of carbonyl (C=O) groups excluding carboxylic acids is 1. The van der Waals surface area contributed by atoms with Gasteiger partial charge in [0.1, 0.15) is 13.2 Å². The van der Waals surface area contributed by atoms with Crippen molar-refractivity contribution < 1.29 is 14.3 Å². The number of fused-ring (bicyclic) bond motifs is 2. The van der Waals surface area contributed by atoms with E-state index >= 15 is 0 Å². The lowest BCUT2D eigenvalue weighted by Crippen LogP contribution is -2.29. The Morgan fingerprint density at radius 3 is 2.69 bits per heavy atom. The number of hydrogen-bond donors (Lipinski definition) is 1. The molecule has 1 fully saturated rings. The van der Waals surface area contributed by atoms with E-state index < -0.39 is 5.25 Å². The van der Waals surface area contributed by atoms with Gasteiger partial charge in [0.2, 0.25) is 5.91 Å². The zero-order chi connectivity index (χ0) is 22.1. The number of hydrogen-bond acceptors (Lipinski definition) is 6. The van der Waals surface area contributed by atoms with Gasteiger partial charge in [-0.25, -0.2) is 4.98 Å². The van der Waals surface area contributed by atoms with Gasteiger partial charge in [-0.3, -0.25) is 14.2 Å². The number of para-hydroxylation sites is 1. The fourth-order valence-corrected chi connectivity index (χ4v) is 5.25. The minimum absolute atomic E-state index is 0.0237. The molecule has 1 amide bonds. The number of carbonyl (C=O) groups is 1. The summed E-state index contributed by atoms with van der Waals surface area (Å²) in [4.78, 5) is 31.0. The summed E-state index contributed by atoms with van der Waals surface area (Å²) in [5.74, 6) is 1.14. The number of anilines is 1. The van der Waals surface area contributed by atoms with E-state index in [1.165, 1.54) is 11.8 Å². The van der Waals surface area contributed by atoms with Crippen LogP contribution in [0, 0.1) is 0 Å². The number of benzene rings is 2. The lowest BCUT2D eigenvalue weighted by Gasteiger charge is -2.21. The summed E-state index contributed by atoms with van der Waals surface area (Å²) in [7, 11) is 0. The predicted octanol–water partition coefficient (Wildman–Crippen LogP) is 4.40. The maximum atomic E-state index is 13.3. The van der Waals surface area contributed by atoms with Crippen molar-refractivity contribution in [3.05, 3.63) is 52.8 Å². The van der Waals surface area contributed by atoms with E-state index in [1.807, 2.05) is 35.8 Å². The van der Waals surface area contributed by atoms with Crippen LogP contribution < -0.4 is 20.3 Å². The summed E-state index contributed by atoms with van der Waals surface area (Å²) < 4.78 is 12.9. The number of nitrogens with zero attached hydrogens (tertiary/aromatic N) is 2. The van der Waals surface area contributed by atoms with Crippen LogP contribution in [0.5, 0.6) is 11.5 Å². The minimum Gasteiger partial charge on any atom is -0.486 e. The van der Waals surface area contributed by atoms with E-state index in [0.717, 1.165) is 25.7 Å². The molecule has 0 saturated heterocycles. The average Bonchev–Trinajstić information content (AvgIpc) is 3.33. The minimum atomic E-state index is -0.441. The van der Waals surface area contributed by atoms with Crippen molar-refractivity contribution in [3.63, 3.8) is 0 Å². The van der Waals surface area contributed by atoms with Gasteiger partial charge in [-0.2, -0.15) is 0 Å². The molecule has 1 N–H and O–H groups in total. The van der Waals surface area contributed by atoms with Crippen LogP contribution in [0.3, 0.4) is 0 Å². The van der Waals surface area contributed by atoms with E-state index in [4.69, 9.17) is 14.5 Å². The van der Waals surface area contributed by atoms with Crippen LogP contribution in [0.25, 0.3) is 10.9 Å². The monoisotopic (exact) mass is 451 g/mol. The highest BCUT2D eigenvalue weighted by molar-refractivity contribution is 8.00. The fourth-order valence-electron chi connectivity index (χ4n) is 4.27. The third kappa shape index (κ3) is 4.07. The summed E-state index contributed by atoms with van der Waals surface area (Å²) in [5, 5.41) is 3.73. The highest BCUT2D eigenvalue weighted by Crippen LogP contribution is 2.35. The molecule has 1 aliphatic carbocycles. The summed E-state index contributed by atoms with van der Waals surface area (Å²) in [6, 6.07) is 12.9. The van der Waals surface area contributed by atoms with Crippen molar-refractivity contribution in [1.29, 1.82) is 0 Å². The Bertz CT molecular complexity index is 1220. The van der Waals surface area contributed by atoms with Crippen LogP contribution in [-0.4, -0.2) is 33.9 Å². The van der Waals surface area contributed by atoms with Crippen molar-refractivity contribution in [1.82, 2.24) is 9.55 Å². The maximum absolute atomic E-state index is 13.3. The van der Waals surface area contributed by atoms with Gasteiger partial charge in [0.05, 0.1) is 16.2 Å². The zero-order valence-corrected chi connectivity index (χ0v) is 18.7. The molecule has 2 aromatic carbocycles. The van der Waals surface area contributed by atoms with Crippen molar-refractivity contribution in [2.24, 2.45) is 0 Å². The van der Waals surface area contributed by atoms with Crippen LogP contribution >= 0.6 is 11.8 Å². The quantitative estimate of drug-likeness (QED) is 0.457. The molecule has 0 spiro atoms. The first kappa shape index (κ1) is 20.9. The topological polar surface area (TPSA) is 82.5 Å². The van der Waals surface area contributed by atoms with Crippen LogP contribution in [0.15, 0.2) is 52.4 Å². The van der Waals surface area contributed by atoms with Crippen molar-refractivity contribution in [2.45, 2.75) is 49.1 Å². The van der Waals surface area contributed by atoms with Crippen LogP contribution in [0.4, 0.5) is 5.69 Å². The molecule has 0 bridgehead atoms. The number of thioether (sulfide) groups is 1. The number of ether oxygens (including phenoxy) is 2. The number of rotatable bonds is 5. The lowest BCUT2D eigenvalue weighted by molar-refractivity contribution is -0.115. The normalized spacial score (nSPS) is 16.8. The summed E-state index contributed by atoms with van der Waals surface area (Å²) >= 11 is 1.33. The second-order valence-corrected chi connectivity index (χ2v) is 9.44. The van der Waals surface area contributed by atoms with Crippen molar-refractivity contribution >= 4 is 34.3 Å². The van der Waals surface area contributed by atoms with E-state index in [-0.39, 0.29) is 17.5 Å². The number of aromatic nitrogens is 2. The van der Waals surface area contributed by atoms with Crippen LogP contribution in [-0.2, 0) is 4.79 Å². The number of nitrogens with one attached hydrogen (secondary N) is 1. The zero-order valence-electron chi connectivity index (χ0n) is 17.9. The molecule has 7 nitrogen and oxygen atoms in total. The Morgan fingerprint density at radius 1 is 1.12 bits per heavy atom. The highest BCUT2D eigenvalue weighted by atomic mass is 32.2. The fraction of sp³-hybridized carbons (Fsp3) is 0.375. The molecule has 5 rings (SSSR count). The lowest BCUT2D eigenvalue weighted by atomic mass is 10.2. The van der Waals surface area contributed by atoms with E-state index in [9.17, 15) is 9.59 Å². The standard InChI is InChI=1S/C24H25N3O4S/c1-15(22(28)25-16-10-11-20-21(14-16)31-13-12-30-20)32-24-26-19-9-5-4-8-18(19)23(29)27(24)17-6-2-3-7-17/h4-5,8-11,14-15,17H,2-3,6-7,12-13H2,1H3,(H,25,28)/t15-/m0/s1. The molecular formula is C24H25N3O4S. The summed E-state index contributed by atoms with van der Waals surface area (Å²) in [6.07, 6.45) is 4.14. The molecule has 32 heavy (non-hydrogen) atoms. The summed E-state index contributed by atoms with van der Waals surface area (Å²) in [6.45, 7) is 2.84. The summed E-state index contributed by atoms with van der Waals surface area (Å²) in [5.41, 5.74) is 1.28. The van der Waals surface area contributed by atoms with Gasteiger partial charge >= 0.3 is 0 Å². The smallest absolute Gasteiger partial charge is 0.262 e. The second kappa shape index (κ2) is 8.86. The van der Waals surface area contributed by atoms with Gasteiger partial charge in [0.25, 0.3) is 5.56 Å². The van der Waals surface area contributed by atoms with Gasteiger partial charge in [-0.1, -0.05) is 36.7 Å². The molecule has 0 unspecified atom stereocenters. The molecule has 8 heteroatoms. The first-order valence-electron chi connectivity index (χ1n) is 11.0. The molecule has 2 aliphatic rings. The Balaban J connectivity index is 1.40. The molecule has 1 aromatic heterocycles. The third-order valence-corrected chi connectivity index (χ3v) is 6.99. The molecule has 2 heterocycles. The molecule has 3 aromatic rings. The Labute approximate surface area is 190 Å². The Hall–Kier alpha value is -3.00. The third-order valence-electron chi connectivity index (χ3n) is 5.93. The van der Waals surface area contributed by atoms with E-state index in [2.05, 4.69) is 5.32 Å². The van der Waals surface area contributed by atoms with Crippen LogP contribution in [0.2, 0.25) is 0 Å². The maximum Gasteiger partial charge on any atom is 0.262 e. The molecule has 1 saturated carbocycles. The van der Waals surface area contributed by atoms with Crippen LogP contribution in [0.1, 0.15) is 38.6 Å². The van der Waals surface area contributed by atoms with Crippen molar-refractivity contribution in [3.8, 4) is 11.5 Å². The number of amides is 1. The SMILES string of the molecule is C[C@H](Sc1nc2ccccc2c(=O)n1C1CCCC1)C(=O)Nc1ccc2c(c1)OCCO2. The highest BCUT2D eigenvalue weighted by Gasteiger charge is 2.26. The first-order valence-corrected chi connectivity index (χ1v) is 11.9. The molecular weight excluding hydrogens is 426 g/mol. The van der Waals surface area contributed by atoms with E-state index in [0.29, 0.717) is 46.5 Å². The first-order chi connectivity index (χ1) is 15.6.